The van der Waals surface area contributed by atoms with Gasteiger partial charge < -0.3 is 10.0 Å². The van der Waals surface area contributed by atoms with E-state index in [4.69, 9.17) is 5.11 Å². The summed E-state index contributed by atoms with van der Waals surface area (Å²) in [6.45, 7) is 0.0662. The first-order chi connectivity index (χ1) is 10.3. The molecule has 120 valence electrons. The number of carbonyl (C=O) groups excluding carboxylic acids is 1. The van der Waals surface area contributed by atoms with Gasteiger partial charge in [-0.05, 0) is 18.7 Å². The van der Waals surface area contributed by atoms with Gasteiger partial charge in [0.05, 0.1) is 5.75 Å². The number of hydrogen-bond donors (Lipinski definition) is 2. The zero-order chi connectivity index (χ0) is 16.6. The molecule has 0 bridgehead atoms. The number of carboxylic acids is 1. The van der Waals surface area contributed by atoms with Crippen LogP contribution in [0.1, 0.15) is 5.56 Å². The molecular formula is C13H17N3O5S. The number of sulfonamides is 1. The molecule has 0 atom stereocenters. The molecule has 1 heterocycles. The van der Waals surface area contributed by atoms with E-state index in [9.17, 15) is 18.0 Å². The van der Waals surface area contributed by atoms with Crippen molar-refractivity contribution in [1.82, 2.24) is 14.6 Å². The smallest absolute Gasteiger partial charge is 0.328 e. The van der Waals surface area contributed by atoms with Gasteiger partial charge in [-0.25, -0.2) is 17.9 Å². The zero-order valence-corrected chi connectivity index (χ0v) is 12.8. The first-order valence-electron chi connectivity index (χ1n) is 6.34. The van der Waals surface area contributed by atoms with Crippen molar-refractivity contribution in [2.24, 2.45) is 0 Å². The van der Waals surface area contributed by atoms with E-state index in [0.717, 1.165) is 6.08 Å². The van der Waals surface area contributed by atoms with Crippen LogP contribution in [0.5, 0.6) is 0 Å². The molecule has 9 heteroatoms. The number of rotatable bonds is 8. The topological polar surface area (TPSA) is 117 Å². The third kappa shape index (κ3) is 6.46. The Labute approximate surface area is 128 Å². The third-order valence-corrected chi connectivity index (χ3v) is 4.06. The Bertz CT molecular complexity index is 643. The average molecular weight is 327 g/mol. The van der Waals surface area contributed by atoms with E-state index in [0.29, 0.717) is 11.6 Å². The van der Waals surface area contributed by atoms with Crippen molar-refractivity contribution in [3.05, 3.63) is 42.2 Å². The van der Waals surface area contributed by atoms with Crippen LogP contribution in [0.2, 0.25) is 0 Å². The van der Waals surface area contributed by atoms with Crippen LogP contribution in [0.15, 0.2) is 36.7 Å². The minimum absolute atomic E-state index is 0.0686. The van der Waals surface area contributed by atoms with E-state index >= 15 is 0 Å². The Morgan fingerprint density at radius 3 is 2.68 bits per heavy atom. The minimum Gasteiger partial charge on any atom is -0.478 e. The number of pyridine rings is 1. The van der Waals surface area contributed by atoms with Gasteiger partial charge in [-0.1, -0.05) is 6.07 Å². The molecule has 1 aromatic rings. The van der Waals surface area contributed by atoms with Gasteiger partial charge in [0, 0.05) is 37.6 Å². The first-order valence-corrected chi connectivity index (χ1v) is 7.99. The summed E-state index contributed by atoms with van der Waals surface area (Å²) in [5.41, 5.74) is 0.710. The maximum Gasteiger partial charge on any atom is 0.328 e. The van der Waals surface area contributed by atoms with Gasteiger partial charge in [-0.2, -0.15) is 0 Å². The van der Waals surface area contributed by atoms with Gasteiger partial charge >= 0.3 is 5.97 Å². The minimum atomic E-state index is -3.47. The molecule has 1 rings (SSSR count). The number of nitrogens with one attached hydrogen (secondary N) is 1. The molecule has 8 nitrogen and oxygen atoms in total. The number of hydrogen-bond acceptors (Lipinski definition) is 5. The van der Waals surface area contributed by atoms with E-state index in [2.05, 4.69) is 9.71 Å². The van der Waals surface area contributed by atoms with Crippen LogP contribution in [0.4, 0.5) is 0 Å². The highest BCUT2D eigenvalue weighted by molar-refractivity contribution is 7.89. The molecule has 0 aromatic carbocycles. The van der Waals surface area contributed by atoms with Crippen LogP contribution < -0.4 is 4.72 Å². The standard InChI is InChI=1S/C13H17N3O5S/c1-14-22(20,21)8-7-16(12(17)4-5-13(18)19)10-11-3-2-6-15-9-11/h2-6,9,14H,7-8,10H2,1H3,(H,18,19). The van der Waals surface area contributed by atoms with Crippen molar-refractivity contribution in [2.45, 2.75) is 6.54 Å². The van der Waals surface area contributed by atoms with E-state index in [1.807, 2.05) is 0 Å². The lowest BCUT2D eigenvalue weighted by Crippen LogP contribution is -2.36. The summed E-state index contributed by atoms with van der Waals surface area (Å²) in [7, 11) is -2.19. The highest BCUT2D eigenvalue weighted by Crippen LogP contribution is 2.04. The van der Waals surface area contributed by atoms with Crippen molar-refractivity contribution < 1.29 is 23.1 Å². The molecule has 0 aliphatic carbocycles. The molecule has 0 unspecified atom stereocenters. The van der Waals surface area contributed by atoms with Gasteiger partial charge in [-0.15, -0.1) is 0 Å². The van der Waals surface area contributed by atoms with Crippen LogP contribution in [0.25, 0.3) is 0 Å². The molecular weight excluding hydrogens is 310 g/mol. The third-order valence-electron chi connectivity index (χ3n) is 2.72. The number of aromatic nitrogens is 1. The lowest BCUT2D eigenvalue weighted by Gasteiger charge is -2.21. The van der Waals surface area contributed by atoms with Gasteiger partial charge in [0.25, 0.3) is 0 Å². The molecule has 0 aliphatic rings. The summed E-state index contributed by atoms with van der Waals surface area (Å²) in [4.78, 5) is 27.6. The lowest BCUT2D eigenvalue weighted by atomic mass is 10.2. The summed E-state index contributed by atoms with van der Waals surface area (Å²) in [6, 6.07) is 3.43. The molecule has 0 saturated heterocycles. The molecule has 0 fully saturated rings. The summed E-state index contributed by atoms with van der Waals surface area (Å²) >= 11 is 0. The van der Waals surface area contributed by atoms with Crippen molar-refractivity contribution in [3.63, 3.8) is 0 Å². The second-order valence-electron chi connectivity index (χ2n) is 4.32. The highest BCUT2D eigenvalue weighted by atomic mass is 32.2. The average Bonchev–Trinajstić information content (AvgIpc) is 2.50. The van der Waals surface area contributed by atoms with E-state index in [1.54, 1.807) is 24.5 Å². The van der Waals surface area contributed by atoms with Gasteiger partial charge in [0.15, 0.2) is 0 Å². The van der Waals surface area contributed by atoms with E-state index in [-0.39, 0.29) is 18.8 Å². The number of nitrogens with zero attached hydrogens (tertiary/aromatic N) is 2. The molecule has 0 radical (unpaired) electrons. The van der Waals surface area contributed by atoms with Gasteiger partial charge in [-0.3, -0.25) is 9.78 Å². The number of carboxylic acid groups (broad SMARTS) is 1. The Balaban J connectivity index is 2.84. The fourth-order valence-electron chi connectivity index (χ4n) is 1.56. The van der Waals surface area contributed by atoms with E-state index < -0.39 is 21.9 Å². The normalized spacial score (nSPS) is 11.5. The monoisotopic (exact) mass is 327 g/mol. The fourth-order valence-corrected chi connectivity index (χ4v) is 2.22. The summed E-state index contributed by atoms with van der Waals surface area (Å²) in [6.07, 6.45) is 4.73. The van der Waals surface area contributed by atoms with Crippen molar-refractivity contribution in [2.75, 3.05) is 19.3 Å². The maximum absolute atomic E-state index is 12.0. The van der Waals surface area contributed by atoms with Crippen LogP contribution in [0.3, 0.4) is 0 Å². The number of carbonyl (C=O) groups is 2. The number of aliphatic carboxylic acids is 1. The molecule has 0 aliphatic heterocycles. The van der Waals surface area contributed by atoms with Gasteiger partial charge in [0.1, 0.15) is 0 Å². The van der Waals surface area contributed by atoms with Crippen molar-refractivity contribution in [1.29, 1.82) is 0 Å². The van der Waals surface area contributed by atoms with Crippen LogP contribution in [0, 0.1) is 0 Å². The Morgan fingerprint density at radius 1 is 1.41 bits per heavy atom. The predicted octanol–water partition coefficient (Wildman–Crippen LogP) is -0.400. The zero-order valence-electron chi connectivity index (χ0n) is 12.0. The second kappa shape index (κ2) is 8.25. The Hall–Kier alpha value is -2.26. The van der Waals surface area contributed by atoms with Gasteiger partial charge in [0.2, 0.25) is 15.9 Å². The van der Waals surface area contributed by atoms with Crippen molar-refractivity contribution >= 4 is 21.9 Å². The molecule has 2 N–H and O–H groups in total. The quantitative estimate of drug-likeness (QED) is 0.628. The molecule has 22 heavy (non-hydrogen) atoms. The lowest BCUT2D eigenvalue weighted by molar-refractivity contribution is -0.132. The Morgan fingerprint density at radius 2 is 2.14 bits per heavy atom. The molecule has 0 saturated carbocycles. The molecule has 1 aromatic heterocycles. The summed E-state index contributed by atoms with van der Waals surface area (Å²) in [5.74, 6) is -2.12. The summed E-state index contributed by atoms with van der Waals surface area (Å²) < 4.78 is 25.1. The molecule has 1 amide bonds. The first kappa shape index (κ1) is 17.8. The van der Waals surface area contributed by atoms with Crippen molar-refractivity contribution in [3.8, 4) is 0 Å². The van der Waals surface area contributed by atoms with Crippen LogP contribution in [-0.2, 0) is 26.2 Å². The summed E-state index contributed by atoms with van der Waals surface area (Å²) in [5, 5.41) is 8.56. The Kier molecular flexibility index (Phi) is 6.67. The SMILES string of the molecule is CNS(=O)(=O)CCN(Cc1cccnc1)C(=O)C=CC(=O)O. The highest BCUT2D eigenvalue weighted by Gasteiger charge is 2.16. The largest absolute Gasteiger partial charge is 0.478 e. The molecule has 0 spiro atoms. The van der Waals surface area contributed by atoms with E-state index in [1.165, 1.54) is 11.9 Å². The fraction of sp³-hybridized carbons (Fsp3) is 0.308. The predicted molar refractivity (Wildman–Crippen MR) is 79.3 cm³/mol. The maximum atomic E-state index is 12.0. The van der Waals surface area contributed by atoms with Crippen LogP contribution in [-0.4, -0.2) is 54.6 Å². The number of amides is 1. The van der Waals surface area contributed by atoms with Crippen LogP contribution >= 0.6 is 0 Å². The second-order valence-corrected chi connectivity index (χ2v) is 6.36.